The lowest BCUT2D eigenvalue weighted by Crippen LogP contribution is -2.35. The summed E-state index contributed by atoms with van der Waals surface area (Å²) < 4.78 is 1.74. The summed E-state index contributed by atoms with van der Waals surface area (Å²) in [7, 11) is 6.25. The molecule has 0 unspecified atom stereocenters. The molecule has 2 aromatic carbocycles. The molecule has 1 saturated carbocycles. The molecule has 0 amide bonds. The van der Waals surface area contributed by atoms with E-state index in [1.807, 2.05) is 30.5 Å². The van der Waals surface area contributed by atoms with Crippen LogP contribution >= 0.6 is 0 Å². The average Bonchev–Trinajstić information content (AvgIpc) is 3.76. The number of aryl methyl sites for hydroxylation is 1. The summed E-state index contributed by atoms with van der Waals surface area (Å²) in [6.45, 7) is 5.41. The van der Waals surface area contributed by atoms with Gasteiger partial charge in [0, 0.05) is 56.5 Å². The van der Waals surface area contributed by atoms with Gasteiger partial charge in [0.2, 0.25) is 5.95 Å². The fourth-order valence-electron chi connectivity index (χ4n) is 5.10. The molecule has 2 aliphatic rings. The molecule has 3 heterocycles. The van der Waals surface area contributed by atoms with E-state index in [4.69, 9.17) is 4.98 Å². The van der Waals surface area contributed by atoms with Crippen LogP contribution in [-0.2, 0) is 0 Å². The SMILES string of the molecule is Cc1cccc2c1NCCN2c1cc2cnc(NC3CC3)nc2n(-c2ccc(N(C)CCN(C)C)cc2)c1=O. The Morgan fingerprint density at radius 2 is 1.85 bits per heavy atom. The Morgan fingerprint density at radius 3 is 2.59 bits per heavy atom. The van der Waals surface area contributed by atoms with Gasteiger partial charge >= 0.3 is 0 Å². The maximum Gasteiger partial charge on any atom is 0.280 e. The Hall–Kier alpha value is -4.11. The molecule has 2 N–H and O–H groups in total. The van der Waals surface area contributed by atoms with E-state index in [9.17, 15) is 4.79 Å². The number of benzene rings is 2. The molecule has 39 heavy (non-hydrogen) atoms. The van der Waals surface area contributed by atoms with E-state index in [0.29, 0.717) is 29.9 Å². The third-order valence-corrected chi connectivity index (χ3v) is 7.53. The van der Waals surface area contributed by atoms with E-state index in [-0.39, 0.29) is 5.56 Å². The van der Waals surface area contributed by atoms with Crippen LogP contribution in [0.4, 0.5) is 28.7 Å². The fourth-order valence-corrected chi connectivity index (χ4v) is 5.10. The zero-order valence-electron chi connectivity index (χ0n) is 23.1. The predicted octanol–water partition coefficient (Wildman–Crippen LogP) is 4.22. The van der Waals surface area contributed by atoms with E-state index in [2.05, 4.69) is 82.6 Å². The molecule has 1 aliphatic carbocycles. The number of likely N-dealkylation sites (N-methyl/N-ethyl adjacent to an activating group) is 2. The number of aromatic nitrogens is 3. The monoisotopic (exact) mass is 524 g/mol. The summed E-state index contributed by atoms with van der Waals surface area (Å²) >= 11 is 0. The third-order valence-electron chi connectivity index (χ3n) is 7.53. The van der Waals surface area contributed by atoms with E-state index in [1.165, 1.54) is 0 Å². The van der Waals surface area contributed by atoms with Gasteiger partial charge in [0.05, 0.1) is 17.1 Å². The van der Waals surface area contributed by atoms with Crippen molar-refractivity contribution in [3.8, 4) is 5.69 Å². The van der Waals surface area contributed by atoms with Crippen LogP contribution in [0.2, 0.25) is 0 Å². The summed E-state index contributed by atoms with van der Waals surface area (Å²) in [5.74, 6) is 0.564. The number of fused-ring (bicyclic) bond motifs is 2. The van der Waals surface area contributed by atoms with Crippen LogP contribution in [0.15, 0.2) is 59.5 Å². The van der Waals surface area contributed by atoms with E-state index in [0.717, 1.165) is 66.2 Å². The standard InChI is InChI=1S/C30H36N8O/c1-20-6-5-7-25-27(20)31-14-15-37(25)26-18-21-19-32-30(33-22-8-9-22)34-28(21)38(29(26)39)24-12-10-23(11-13-24)36(4)17-16-35(2)3/h5-7,10-13,18-19,22,31H,8-9,14-17H2,1-4H3,(H,32,33,34). The number of nitrogens with zero attached hydrogens (tertiary/aromatic N) is 6. The first-order chi connectivity index (χ1) is 18.9. The highest BCUT2D eigenvalue weighted by Gasteiger charge is 2.25. The zero-order valence-corrected chi connectivity index (χ0v) is 23.1. The second-order valence-corrected chi connectivity index (χ2v) is 10.8. The highest BCUT2D eigenvalue weighted by Crippen LogP contribution is 2.36. The maximum atomic E-state index is 14.3. The minimum absolute atomic E-state index is 0.0957. The van der Waals surface area contributed by atoms with E-state index in [1.54, 1.807) is 4.57 Å². The Balaban J connectivity index is 1.47. The van der Waals surface area contributed by atoms with Crippen LogP contribution in [0, 0.1) is 6.92 Å². The molecule has 0 saturated heterocycles. The van der Waals surface area contributed by atoms with Gasteiger partial charge in [-0.25, -0.2) is 4.98 Å². The zero-order chi connectivity index (χ0) is 27.1. The number of anilines is 5. The second-order valence-electron chi connectivity index (χ2n) is 10.8. The Bertz CT molecular complexity index is 1560. The molecule has 6 rings (SSSR count). The molecule has 1 fully saturated rings. The smallest absolute Gasteiger partial charge is 0.280 e. The van der Waals surface area contributed by atoms with Gasteiger partial charge in [0.15, 0.2) is 5.65 Å². The molecule has 0 atom stereocenters. The first kappa shape index (κ1) is 25.2. The minimum atomic E-state index is -0.0957. The second kappa shape index (κ2) is 10.2. The third kappa shape index (κ3) is 5.02. The molecule has 0 bridgehead atoms. The fraction of sp³-hybridized carbons (Fsp3) is 0.367. The van der Waals surface area contributed by atoms with Crippen LogP contribution in [0.25, 0.3) is 16.7 Å². The molecular formula is C30H36N8O. The molecule has 1 aliphatic heterocycles. The number of para-hydroxylation sites is 1. The Labute approximate surface area is 229 Å². The van der Waals surface area contributed by atoms with Gasteiger partial charge in [-0.1, -0.05) is 12.1 Å². The van der Waals surface area contributed by atoms with Crippen molar-refractivity contribution in [3.05, 3.63) is 70.6 Å². The van der Waals surface area contributed by atoms with Gasteiger partial charge in [-0.3, -0.25) is 9.36 Å². The quantitative estimate of drug-likeness (QED) is 0.355. The van der Waals surface area contributed by atoms with Gasteiger partial charge in [0.1, 0.15) is 5.69 Å². The Morgan fingerprint density at radius 1 is 1.05 bits per heavy atom. The predicted molar refractivity (Wildman–Crippen MR) is 160 cm³/mol. The van der Waals surface area contributed by atoms with Crippen molar-refractivity contribution in [3.63, 3.8) is 0 Å². The van der Waals surface area contributed by atoms with Crippen molar-refractivity contribution in [2.45, 2.75) is 25.8 Å². The van der Waals surface area contributed by atoms with Gasteiger partial charge in [-0.05, 0) is 75.8 Å². The molecule has 9 heteroatoms. The lowest BCUT2D eigenvalue weighted by molar-refractivity contribution is 0.416. The largest absolute Gasteiger partial charge is 0.381 e. The van der Waals surface area contributed by atoms with Crippen molar-refractivity contribution in [2.75, 3.05) is 67.8 Å². The molecule has 202 valence electrons. The van der Waals surface area contributed by atoms with Crippen LogP contribution in [-0.4, -0.2) is 72.8 Å². The molecule has 0 radical (unpaired) electrons. The van der Waals surface area contributed by atoms with Crippen molar-refractivity contribution >= 4 is 39.7 Å². The lowest BCUT2D eigenvalue weighted by Gasteiger charge is -2.33. The number of pyridine rings is 1. The first-order valence-electron chi connectivity index (χ1n) is 13.7. The summed E-state index contributed by atoms with van der Waals surface area (Å²) in [4.78, 5) is 30.3. The van der Waals surface area contributed by atoms with Gasteiger partial charge in [-0.2, -0.15) is 4.98 Å². The number of nitrogens with one attached hydrogen (secondary N) is 2. The van der Waals surface area contributed by atoms with Crippen LogP contribution in [0.3, 0.4) is 0 Å². The molecule has 4 aromatic rings. The highest BCUT2D eigenvalue weighted by atomic mass is 16.1. The van der Waals surface area contributed by atoms with Gasteiger partial charge < -0.3 is 25.3 Å². The topological polar surface area (TPSA) is 81.6 Å². The highest BCUT2D eigenvalue weighted by molar-refractivity contribution is 5.86. The van der Waals surface area contributed by atoms with Crippen LogP contribution in [0.5, 0.6) is 0 Å². The molecule has 9 nitrogen and oxygen atoms in total. The maximum absolute atomic E-state index is 14.3. The number of hydrogen-bond acceptors (Lipinski definition) is 8. The summed E-state index contributed by atoms with van der Waals surface area (Å²) in [6.07, 6.45) is 4.07. The van der Waals surface area contributed by atoms with Gasteiger partial charge in [-0.15, -0.1) is 0 Å². The average molecular weight is 525 g/mol. The summed E-state index contributed by atoms with van der Waals surface area (Å²) in [5, 5.41) is 7.72. The van der Waals surface area contributed by atoms with Crippen molar-refractivity contribution in [2.24, 2.45) is 0 Å². The Kier molecular flexibility index (Phi) is 6.60. The lowest BCUT2D eigenvalue weighted by atomic mass is 10.1. The van der Waals surface area contributed by atoms with E-state index >= 15 is 0 Å². The molecular weight excluding hydrogens is 488 g/mol. The normalized spacial score (nSPS) is 14.8. The summed E-state index contributed by atoms with van der Waals surface area (Å²) in [5.41, 5.74) is 6.26. The number of hydrogen-bond donors (Lipinski definition) is 2. The first-order valence-corrected chi connectivity index (χ1v) is 13.7. The van der Waals surface area contributed by atoms with Crippen molar-refractivity contribution in [1.29, 1.82) is 0 Å². The molecule has 0 spiro atoms. The van der Waals surface area contributed by atoms with Crippen molar-refractivity contribution < 1.29 is 0 Å². The summed E-state index contributed by atoms with van der Waals surface area (Å²) in [6, 6.07) is 16.7. The van der Waals surface area contributed by atoms with Crippen LogP contribution in [0.1, 0.15) is 18.4 Å². The van der Waals surface area contributed by atoms with Gasteiger partial charge in [0.25, 0.3) is 5.56 Å². The minimum Gasteiger partial charge on any atom is -0.381 e. The van der Waals surface area contributed by atoms with E-state index < -0.39 is 0 Å². The van der Waals surface area contributed by atoms with Crippen LogP contribution < -0.4 is 26.0 Å². The van der Waals surface area contributed by atoms with Crippen molar-refractivity contribution in [1.82, 2.24) is 19.4 Å². The molecule has 2 aromatic heterocycles. The number of rotatable bonds is 8.